The van der Waals surface area contributed by atoms with Crippen molar-refractivity contribution in [3.63, 3.8) is 0 Å². The van der Waals surface area contributed by atoms with Crippen molar-refractivity contribution in [2.45, 2.75) is 31.7 Å². The van der Waals surface area contributed by atoms with Crippen molar-refractivity contribution in [3.05, 3.63) is 47.8 Å². The normalized spacial score (nSPS) is 22.7. The first-order valence-corrected chi connectivity index (χ1v) is 7.74. The lowest BCUT2D eigenvalue weighted by molar-refractivity contribution is 0.254. The van der Waals surface area contributed by atoms with Crippen molar-refractivity contribution in [1.29, 1.82) is 0 Å². The molecular weight excluding hydrogens is 387 g/mol. The Labute approximate surface area is 150 Å². The minimum atomic E-state index is 0. The lowest BCUT2D eigenvalue weighted by Crippen LogP contribution is -2.44. The summed E-state index contributed by atoms with van der Waals surface area (Å²) in [5.41, 5.74) is 7.46. The number of guanidine groups is 1. The number of piperidine rings is 1. The third kappa shape index (κ3) is 3.56. The lowest BCUT2D eigenvalue weighted by Gasteiger charge is -2.37. The summed E-state index contributed by atoms with van der Waals surface area (Å²) in [6, 6.07) is 11.1. The zero-order valence-corrected chi connectivity index (χ0v) is 15.6. The summed E-state index contributed by atoms with van der Waals surface area (Å²) in [5.74, 6) is 2.34. The van der Waals surface area contributed by atoms with Crippen molar-refractivity contribution in [2.24, 2.45) is 10.7 Å². The molecule has 0 radical (unpaired) electrons. The molecule has 1 saturated heterocycles. The highest BCUT2D eigenvalue weighted by atomic mass is 127. The van der Waals surface area contributed by atoms with Gasteiger partial charge in [0.25, 0.3) is 0 Å². The first-order valence-electron chi connectivity index (χ1n) is 7.74. The Morgan fingerprint density at radius 3 is 2.36 bits per heavy atom. The van der Waals surface area contributed by atoms with Crippen LogP contribution in [-0.2, 0) is 0 Å². The van der Waals surface area contributed by atoms with Gasteiger partial charge in [-0.3, -0.25) is 0 Å². The quantitative estimate of drug-likeness (QED) is 0.760. The number of benzene rings is 1. The zero-order valence-electron chi connectivity index (χ0n) is 13.3. The summed E-state index contributed by atoms with van der Waals surface area (Å²) in [5, 5.41) is 0. The number of likely N-dealkylation sites (tertiary alicyclic amines) is 1. The number of likely N-dealkylation sites (N-methyl/N-ethyl adjacent to an activating group) is 1. The van der Waals surface area contributed by atoms with E-state index in [1.807, 2.05) is 11.9 Å². The molecule has 0 amide bonds. The van der Waals surface area contributed by atoms with Crippen molar-refractivity contribution in [1.82, 2.24) is 9.80 Å². The van der Waals surface area contributed by atoms with Gasteiger partial charge in [0.2, 0.25) is 0 Å². The van der Waals surface area contributed by atoms with Gasteiger partial charge in [-0.05, 0) is 37.3 Å². The molecule has 1 atom stereocenters. The second-order valence-corrected chi connectivity index (χ2v) is 6.02. The van der Waals surface area contributed by atoms with Crippen molar-refractivity contribution in [2.75, 3.05) is 20.1 Å². The van der Waals surface area contributed by atoms with E-state index in [1.165, 1.54) is 18.4 Å². The third-order valence-electron chi connectivity index (χ3n) is 4.68. The van der Waals surface area contributed by atoms with E-state index in [4.69, 9.17) is 5.73 Å². The van der Waals surface area contributed by atoms with Crippen LogP contribution in [0.3, 0.4) is 0 Å². The van der Waals surface area contributed by atoms with Crippen molar-refractivity contribution >= 4 is 29.9 Å². The van der Waals surface area contributed by atoms with Crippen LogP contribution in [0.4, 0.5) is 0 Å². The van der Waals surface area contributed by atoms with Crippen LogP contribution in [0.2, 0.25) is 0 Å². The van der Waals surface area contributed by atoms with Crippen molar-refractivity contribution < 1.29 is 0 Å². The molecule has 2 aliphatic rings. The van der Waals surface area contributed by atoms with E-state index in [0.717, 1.165) is 18.9 Å². The van der Waals surface area contributed by atoms with Crippen LogP contribution in [0.25, 0.3) is 0 Å². The molecule has 4 nitrogen and oxygen atoms in total. The van der Waals surface area contributed by atoms with E-state index < -0.39 is 0 Å². The minimum Gasteiger partial charge on any atom is -0.369 e. The first-order chi connectivity index (χ1) is 10.1. The number of hydrogen-bond acceptors (Lipinski definition) is 4. The highest BCUT2D eigenvalue weighted by Crippen LogP contribution is 2.30. The standard InChI is InChI=1S/C17H24N4.HI/c1-13-12-16(19-17(18)20(13)2)21-10-8-15(9-11-21)14-6-4-3-5-7-14;/h3-7,12-13,15H,8-11H2,1-2H3,(H2,18,19);1H. The Morgan fingerprint density at radius 1 is 1.14 bits per heavy atom. The van der Waals surface area contributed by atoms with E-state index in [9.17, 15) is 0 Å². The van der Waals surface area contributed by atoms with Gasteiger partial charge in [-0.1, -0.05) is 30.3 Å². The van der Waals surface area contributed by atoms with Crippen LogP contribution in [0.15, 0.2) is 47.2 Å². The average molecular weight is 412 g/mol. The fourth-order valence-corrected chi connectivity index (χ4v) is 3.11. The molecule has 120 valence electrons. The summed E-state index contributed by atoms with van der Waals surface area (Å²) >= 11 is 0. The number of hydrogen-bond donors (Lipinski definition) is 1. The fourth-order valence-electron chi connectivity index (χ4n) is 3.11. The summed E-state index contributed by atoms with van der Waals surface area (Å²) in [6.07, 6.45) is 4.57. The Balaban J connectivity index is 0.00000176. The molecule has 2 N–H and O–H groups in total. The molecule has 0 spiro atoms. The maximum absolute atomic E-state index is 5.99. The number of nitrogens with two attached hydrogens (primary N) is 1. The number of aliphatic imine (C=N–C) groups is 1. The summed E-state index contributed by atoms with van der Waals surface area (Å²) in [7, 11) is 1.98. The molecule has 2 aliphatic heterocycles. The van der Waals surface area contributed by atoms with Crippen LogP contribution in [-0.4, -0.2) is 41.9 Å². The van der Waals surface area contributed by atoms with E-state index in [0.29, 0.717) is 17.9 Å². The first kappa shape index (κ1) is 17.1. The molecular formula is C17H25IN4. The van der Waals surface area contributed by atoms with Gasteiger partial charge in [-0.2, -0.15) is 4.99 Å². The van der Waals surface area contributed by atoms with Crippen LogP contribution in [0, 0.1) is 0 Å². The number of rotatable bonds is 2. The van der Waals surface area contributed by atoms with Gasteiger partial charge >= 0.3 is 0 Å². The van der Waals surface area contributed by atoms with Crippen LogP contribution < -0.4 is 5.73 Å². The van der Waals surface area contributed by atoms with Gasteiger partial charge in [-0.25, -0.2) is 0 Å². The predicted molar refractivity (Wildman–Crippen MR) is 102 cm³/mol. The molecule has 1 unspecified atom stereocenters. The molecule has 22 heavy (non-hydrogen) atoms. The molecule has 2 heterocycles. The summed E-state index contributed by atoms with van der Waals surface area (Å²) in [4.78, 5) is 8.91. The predicted octanol–water partition coefficient (Wildman–Crippen LogP) is 2.97. The number of halogens is 1. The molecule has 5 heteroatoms. The Hall–Kier alpha value is -1.24. The highest BCUT2D eigenvalue weighted by molar-refractivity contribution is 14.0. The molecule has 0 saturated carbocycles. The second kappa shape index (κ2) is 7.35. The van der Waals surface area contributed by atoms with E-state index in [-0.39, 0.29) is 24.0 Å². The Bertz CT molecular complexity index is 547. The minimum absolute atomic E-state index is 0. The van der Waals surface area contributed by atoms with Gasteiger partial charge in [0.1, 0.15) is 5.82 Å². The SMILES string of the molecule is CC1C=C(N2CCC(c3ccccc3)CC2)N=C(N)N1C.I. The van der Waals surface area contributed by atoms with E-state index in [2.05, 4.69) is 53.2 Å². The zero-order chi connectivity index (χ0) is 14.8. The highest BCUT2D eigenvalue weighted by Gasteiger charge is 2.25. The van der Waals surface area contributed by atoms with E-state index in [1.54, 1.807) is 0 Å². The summed E-state index contributed by atoms with van der Waals surface area (Å²) in [6.45, 7) is 4.26. The smallest absolute Gasteiger partial charge is 0.198 e. The van der Waals surface area contributed by atoms with Crippen LogP contribution in [0.1, 0.15) is 31.2 Å². The Kier molecular flexibility index (Phi) is 5.72. The number of nitrogens with zero attached hydrogens (tertiary/aromatic N) is 3. The largest absolute Gasteiger partial charge is 0.369 e. The van der Waals surface area contributed by atoms with Gasteiger partial charge in [0.05, 0.1) is 6.04 Å². The molecule has 1 aromatic rings. The maximum Gasteiger partial charge on any atom is 0.198 e. The Morgan fingerprint density at radius 2 is 1.77 bits per heavy atom. The lowest BCUT2D eigenvalue weighted by atomic mass is 9.89. The molecule has 1 fully saturated rings. The molecule has 0 aliphatic carbocycles. The summed E-state index contributed by atoms with van der Waals surface area (Å²) < 4.78 is 0. The second-order valence-electron chi connectivity index (χ2n) is 6.02. The van der Waals surface area contributed by atoms with E-state index >= 15 is 0 Å². The topological polar surface area (TPSA) is 44.9 Å². The fraction of sp³-hybridized carbons (Fsp3) is 0.471. The van der Waals surface area contributed by atoms with Crippen molar-refractivity contribution in [3.8, 4) is 0 Å². The van der Waals surface area contributed by atoms with Gasteiger partial charge in [0, 0.05) is 20.1 Å². The van der Waals surface area contributed by atoms with Crippen LogP contribution >= 0.6 is 24.0 Å². The molecule has 3 rings (SSSR count). The molecule has 1 aromatic carbocycles. The monoisotopic (exact) mass is 412 g/mol. The molecule has 0 bridgehead atoms. The third-order valence-corrected chi connectivity index (χ3v) is 4.68. The van der Waals surface area contributed by atoms with Gasteiger partial charge in [-0.15, -0.1) is 24.0 Å². The maximum atomic E-state index is 5.99. The molecule has 0 aromatic heterocycles. The average Bonchev–Trinajstić information content (AvgIpc) is 2.53. The van der Waals surface area contributed by atoms with Crippen LogP contribution in [0.5, 0.6) is 0 Å². The van der Waals surface area contributed by atoms with Gasteiger partial charge in [0.15, 0.2) is 5.96 Å². The van der Waals surface area contributed by atoms with Gasteiger partial charge < -0.3 is 15.5 Å².